The summed E-state index contributed by atoms with van der Waals surface area (Å²) < 4.78 is 10.4. The van der Waals surface area contributed by atoms with E-state index in [1.807, 2.05) is 13.3 Å². The van der Waals surface area contributed by atoms with Crippen molar-refractivity contribution in [3.8, 4) is 5.88 Å². The lowest BCUT2D eigenvalue weighted by atomic mass is 10.5. The highest BCUT2D eigenvalue weighted by Gasteiger charge is 2.03. The second-order valence-corrected chi connectivity index (χ2v) is 3.80. The molecule has 0 spiro atoms. The van der Waals surface area contributed by atoms with Crippen LogP contribution in [0, 0.1) is 0 Å². The fraction of sp³-hybridized carbons (Fsp3) is 0.600. The predicted octanol–water partition coefficient (Wildman–Crippen LogP) is 1.66. The molecule has 0 aliphatic heterocycles. The molecule has 5 nitrogen and oxygen atoms in total. The Kier molecular flexibility index (Phi) is 5.95. The summed E-state index contributed by atoms with van der Waals surface area (Å²) >= 11 is 1.49. The third-order valence-electron chi connectivity index (χ3n) is 1.86. The number of ether oxygens (including phenoxy) is 2. The highest BCUT2D eigenvalue weighted by atomic mass is 32.2. The summed E-state index contributed by atoms with van der Waals surface area (Å²) in [6.07, 6.45) is 2.79. The van der Waals surface area contributed by atoms with Crippen LogP contribution in [0.5, 0.6) is 5.88 Å². The van der Waals surface area contributed by atoms with Crippen molar-refractivity contribution in [2.24, 2.45) is 0 Å². The second-order valence-electron chi connectivity index (χ2n) is 3.02. The van der Waals surface area contributed by atoms with Crippen LogP contribution in [0.1, 0.15) is 6.42 Å². The molecular formula is C10H17N3O2S. The molecule has 16 heavy (non-hydrogen) atoms. The molecule has 0 unspecified atom stereocenters. The van der Waals surface area contributed by atoms with Crippen LogP contribution < -0.4 is 10.1 Å². The van der Waals surface area contributed by atoms with Crippen LogP contribution in [0.2, 0.25) is 0 Å². The number of rotatable bonds is 7. The molecule has 0 bridgehead atoms. The number of hydrogen-bond donors (Lipinski definition) is 1. The standard InChI is InChI=1S/C10H17N3O2S/c1-11-8-7-9(13-10(12-8)16-3)15-6-4-5-14-2/h7H,4-6H2,1-3H3,(H,11,12,13). The first-order valence-corrected chi connectivity index (χ1v) is 6.25. The number of thioether (sulfide) groups is 1. The number of aromatic nitrogens is 2. The van der Waals surface area contributed by atoms with Crippen molar-refractivity contribution in [3.05, 3.63) is 6.07 Å². The van der Waals surface area contributed by atoms with Gasteiger partial charge in [0.15, 0.2) is 5.16 Å². The fourth-order valence-corrected chi connectivity index (χ4v) is 1.45. The normalized spacial score (nSPS) is 10.2. The fourth-order valence-electron chi connectivity index (χ4n) is 1.08. The maximum atomic E-state index is 5.51. The lowest BCUT2D eigenvalue weighted by Gasteiger charge is -2.07. The van der Waals surface area contributed by atoms with E-state index >= 15 is 0 Å². The van der Waals surface area contributed by atoms with Crippen molar-refractivity contribution in [1.82, 2.24) is 9.97 Å². The predicted molar refractivity (Wildman–Crippen MR) is 65.3 cm³/mol. The molecule has 0 aliphatic rings. The summed E-state index contributed by atoms with van der Waals surface area (Å²) in [4.78, 5) is 8.50. The molecule has 0 radical (unpaired) electrons. The Hall–Kier alpha value is -1.01. The minimum Gasteiger partial charge on any atom is -0.477 e. The Labute approximate surface area is 100.0 Å². The molecule has 1 heterocycles. The van der Waals surface area contributed by atoms with Crippen molar-refractivity contribution < 1.29 is 9.47 Å². The molecule has 0 saturated heterocycles. The summed E-state index contributed by atoms with van der Waals surface area (Å²) in [5.74, 6) is 1.36. The van der Waals surface area contributed by atoms with Gasteiger partial charge in [-0.2, -0.15) is 4.98 Å². The Morgan fingerprint density at radius 3 is 2.81 bits per heavy atom. The molecule has 1 N–H and O–H groups in total. The van der Waals surface area contributed by atoms with Crippen LogP contribution >= 0.6 is 11.8 Å². The van der Waals surface area contributed by atoms with Gasteiger partial charge in [-0.3, -0.25) is 0 Å². The van der Waals surface area contributed by atoms with Crippen LogP contribution in [0.15, 0.2) is 11.2 Å². The Balaban J connectivity index is 2.57. The summed E-state index contributed by atoms with van der Waals surface area (Å²) in [6, 6.07) is 1.78. The van der Waals surface area contributed by atoms with Gasteiger partial charge >= 0.3 is 0 Å². The average Bonchev–Trinajstić information content (AvgIpc) is 2.34. The van der Waals surface area contributed by atoms with Crippen molar-refractivity contribution in [2.45, 2.75) is 11.6 Å². The molecule has 1 rings (SSSR count). The molecule has 0 aromatic carbocycles. The van der Waals surface area contributed by atoms with Gasteiger partial charge in [-0.05, 0) is 6.26 Å². The maximum Gasteiger partial charge on any atom is 0.219 e. The molecule has 0 saturated carbocycles. The third-order valence-corrected chi connectivity index (χ3v) is 2.41. The lowest BCUT2D eigenvalue weighted by Crippen LogP contribution is -2.04. The SMILES string of the molecule is CNc1cc(OCCCOC)nc(SC)n1. The van der Waals surface area contributed by atoms with Gasteiger partial charge in [0.2, 0.25) is 5.88 Å². The monoisotopic (exact) mass is 243 g/mol. The Morgan fingerprint density at radius 1 is 1.38 bits per heavy atom. The van der Waals surface area contributed by atoms with Gasteiger partial charge in [0.25, 0.3) is 0 Å². The summed E-state index contributed by atoms with van der Waals surface area (Å²) in [6.45, 7) is 1.29. The van der Waals surface area contributed by atoms with Crippen LogP contribution in [-0.2, 0) is 4.74 Å². The average molecular weight is 243 g/mol. The number of methoxy groups -OCH3 is 1. The van der Waals surface area contributed by atoms with E-state index in [-0.39, 0.29) is 0 Å². The van der Waals surface area contributed by atoms with E-state index in [2.05, 4.69) is 15.3 Å². The van der Waals surface area contributed by atoms with E-state index in [0.29, 0.717) is 24.3 Å². The highest BCUT2D eigenvalue weighted by Crippen LogP contribution is 2.18. The summed E-state index contributed by atoms with van der Waals surface area (Å²) in [7, 11) is 3.50. The zero-order valence-corrected chi connectivity index (χ0v) is 10.6. The number of anilines is 1. The number of nitrogens with one attached hydrogen (secondary N) is 1. The van der Waals surface area contributed by atoms with Gasteiger partial charge in [-0.1, -0.05) is 11.8 Å². The molecule has 0 aliphatic carbocycles. The van der Waals surface area contributed by atoms with Gasteiger partial charge < -0.3 is 14.8 Å². The van der Waals surface area contributed by atoms with Gasteiger partial charge in [-0.25, -0.2) is 4.98 Å². The zero-order valence-electron chi connectivity index (χ0n) is 9.82. The lowest BCUT2D eigenvalue weighted by molar-refractivity contribution is 0.170. The van der Waals surface area contributed by atoms with E-state index in [1.54, 1.807) is 13.2 Å². The molecule has 0 fully saturated rings. The maximum absolute atomic E-state index is 5.51. The molecular weight excluding hydrogens is 226 g/mol. The van der Waals surface area contributed by atoms with Gasteiger partial charge in [-0.15, -0.1) is 0 Å². The minimum absolute atomic E-state index is 0.597. The Bertz CT molecular complexity index is 301. The first kappa shape index (κ1) is 13.1. The molecule has 1 aromatic rings. The van der Waals surface area contributed by atoms with E-state index in [0.717, 1.165) is 12.2 Å². The topological polar surface area (TPSA) is 56.3 Å². The van der Waals surface area contributed by atoms with Gasteiger partial charge in [0, 0.05) is 33.3 Å². The third kappa shape index (κ3) is 4.24. The van der Waals surface area contributed by atoms with E-state index in [4.69, 9.17) is 9.47 Å². The Morgan fingerprint density at radius 2 is 2.19 bits per heavy atom. The van der Waals surface area contributed by atoms with E-state index < -0.39 is 0 Å². The van der Waals surface area contributed by atoms with Crippen molar-refractivity contribution >= 4 is 17.6 Å². The van der Waals surface area contributed by atoms with E-state index in [1.165, 1.54) is 11.8 Å². The zero-order chi connectivity index (χ0) is 11.8. The molecule has 0 amide bonds. The molecule has 90 valence electrons. The number of hydrogen-bond acceptors (Lipinski definition) is 6. The molecule has 1 aromatic heterocycles. The smallest absolute Gasteiger partial charge is 0.219 e. The first-order chi connectivity index (χ1) is 7.80. The van der Waals surface area contributed by atoms with Crippen LogP contribution in [-0.4, -0.2) is 43.6 Å². The molecule has 0 atom stereocenters. The van der Waals surface area contributed by atoms with Crippen molar-refractivity contribution in [1.29, 1.82) is 0 Å². The molecule has 6 heteroatoms. The minimum atomic E-state index is 0.597. The van der Waals surface area contributed by atoms with Crippen LogP contribution in [0.25, 0.3) is 0 Å². The van der Waals surface area contributed by atoms with Crippen molar-refractivity contribution in [2.75, 3.05) is 38.9 Å². The quantitative estimate of drug-likeness (QED) is 0.446. The first-order valence-electron chi connectivity index (χ1n) is 5.02. The summed E-state index contributed by atoms with van der Waals surface area (Å²) in [5, 5.41) is 3.68. The van der Waals surface area contributed by atoms with Crippen molar-refractivity contribution in [3.63, 3.8) is 0 Å². The van der Waals surface area contributed by atoms with Gasteiger partial charge in [0.05, 0.1) is 6.61 Å². The summed E-state index contributed by atoms with van der Waals surface area (Å²) in [5.41, 5.74) is 0. The van der Waals surface area contributed by atoms with E-state index in [9.17, 15) is 0 Å². The van der Waals surface area contributed by atoms with Crippen LogP contribution in [0.4, 0.5) is 5.82 Å². The van der Waals surface area contributed by atoms with Gasteiger partial charge in [0.1, 0.15) is 5.82 Å². The van der Waals surface area contributed by atoms with Crippen LogP contribution in [0.3, 0.4) is 0 Å². The highest BCUT2D eigenvalue weighted by molar-refractivity contribution is 7.98. The number of nitrogens with zero attached hydrogens (tertiary/aromatic N) is 2. The second kappa shape index (κ2) is 7.29. The largest absolute Gasteiger partial charge is 0.477 e.